The van der Waals surface area contributed by atoms with Crippen molar-refractivity contribution in [1.29, 1.82) is 0 Å². The van der Waals surface area contributed by atoms with E-state index in [0.29, 0.717) is 4.90 Å². The minimum absolute atomic E-state index is 0.206. The highest BCUT2D eigenvalue weighted by Crippen LogP contribution is 2.40. The van der Waals surface area contributed by atoms with Gasteiger partial charge in [0.25, 0.3) is 0 Å². The van der Waals surface area contributed by atoms with Crippen molar-refractivity contribution >= 4 is 10.8 Å². The van der Waals surface area contributed by atoms with Crippen LogP contribution in [0.1, 0.15) is 11.9 Å². The van der Waals surface area contributed by atoms with Gasteiger partial charge in [-0.05, 0) is 12.1 Å². The molecule has 0 saturated carbocycles. The van der Waals surface area contributed by atoms with Gasteiger partial charge >= 0.3 is 0 Å². The number of nitro groups is 1. The Balaban J connectivity index is 1.70. The monoisotopic (exact) mass is 433 g/mol. The lowest BCUT2D eigenvalue weighted by Crippen LogP contribution is -2.62. The molecule has 0 radical (unpaired) electrons. The summed E-state index contributed by atoms with van der Waals surface area (Å²) in [6.07, 6.45) is -2.74. The largest absolute Gasteiger partial charge is 0.355 e. The molecular weight excluding hydrogens is 410 g/mol. The lowest BCUT2D eigenvalue weighted by atomic mass is 9.92. The number of fused-ring (bicyclic) bond motifs is 1. The first-order valence-electron chi connectivity index (χ1n) is 9.66. The smallest absolute Gasteiger partial charge is 0.212 e. The molecular formula is C21H23NO7S. The molecule has 0 amide bonds. The summed E-state index contributed by atoms with van der Waals surface area (Å²) >= 11 is 0. The number of benzene rings is 2. The molecule has 8 nitrogen and oxygen atoms in total. The second-order valence-electron chi connectivity index (χ2n) is 7.21. The molecule has 1 unspecified atom stereocenters. The van der Waals surface area contributed by atoms with Gasteiger partial charge in [-0.3, -0.25) is 14.3 Å². The lowest BCUT2D eigenvalue weighted by molar-refractivity contribution is -0.498. The van der Waals surface area contributed by atoms with Crippen molar-refractivity contribution in [3.63, 3.8) is 0 Å². The fourth-order valence-electron chi connectivity index (χ4n) is 3.99. The Morgan fingerprint density at radius 2 is 1.77 bits per heavy atom. The lowest BCUT2D eigenvalue weighted by Gasteiger charge is -2.47. The third kappa shape index (κ3) is 4.30. The highest BCUT2D eigenvalue weighted by atomic mass is 32.2. The summed E-state index contributed by atoms with van der Waals surface area (Å²) in [5, 5.41) is 10.7. The van der Waals surface area contributed by atoms with Gasteiger partial charge in [-0.1, -0.05) is 48.5 Å². The fourth-order valence-corrected chi connectivity index (χ4v) is 5.75. The van der Waals surface area contributed by atoms with E-state index in [1.807, 2.05) is 36.4 Å². The van der Waals surface area contributed by atoms with Crippen LogP contribution < -0.4 is 0 Å². The van der Waals surface area contributed by atoms with E-state index in [-0.39, 0.29) is 6.61 Å². The van der Waals surface area contributed by atoms with Gasteiger partial charge in [-0.25, -0.2) is 0 Å². The molecule has 0 spiro atoms. The topological polar surface area (TPSA) is 97.1 Å². The Labute approximate surface area is 176 Å². The standard InChI is InChI=1S/C21H23NO7S/c1-26-21-16(12-22(23)24)19(30(25)15-10-6-3-7-11-15)18-17(28-21)13-27-20(29-18)14-8-4-2-5-9-14/h2-11,16-21H,12-13H2,1H3/t16-,17+,18+,19+,20+,21+,30?/m0/s1. The van der Waals surface area contributed by atoms with Crippen molar-refractivity contribution in [3.05, 3.63) is 76.3 Å². The van der Waals surface area contributed by atoms with Gasteiger partial charge in [-0.15, -0.1) is 0 Å². The number of rotatable bonds is 6. The Morgan fingerprint density at radius 3 is 2.40 bits per heavy atom. The van der Waals surface area contributed by atoms with Crippen molar-refractivity contribution in [1.82, 2.24) is 0 Å². The molecule has 2 aliphatic rings. The summed E-state index contributed by atoms with van der Waals surface area (Å²) in [6.45, 7) is -0.233. The van der Waals surface area contributed by atoms with Gasteiger partial charge < -0.3 is 18.9 Å². The van der Waals surface area contributed by atoms with Crippen LogP contribution in [0.4, 0.5) is 0 Å². The third-order valence-electron chi connectivity index (χ3n) is 5.35. The number of ether oxygens (including phenoxy) is 4. The van der Waals surface area contributed by atoms with Crippen molar-refractivity contribution in [2.45, 2.75) is 34.9 Å². The van der Waals surface area contributed by atoms with Crippen molar-refractivity contribution in [2.75, 3.05) is 20.3 Å². The molecule has 0 N–H and O–H groups in total. The molecule has 30 heavy (non-hydrogen) atoms. The van der Waals surface area contributed by atoms with Crippen LogP contribution in [0.2, 0.25) is 0 Å². The second-order valence-corrected chi connectivity index (χ2v) is 8.82. The molecule has 2 heterocycles. The van der Waals surface area contributed by atoms with Crippen LogP contribution >= 0.6 is 0 Å². The molecule has 0 aromatic heterocycles. The number of nitrogens with zero attached hydrogens (tertiary/aromatic N) is 1. The molecule has 7 atom stereocenters. The van der Waals surface area contributed by atoms with Crippen LogP contribution in [0, 0.1) is 16.0 Å². The minimum atomic E-state index is -1.57. The van der Waals surface area contributed by atoms with Crippen LogP contribution in [-0.4, -0.2) is 53.1 Å². The first-order valence-corrected chi connectivity index (χ1v) is 10.9. The minimum Gasteiger partial charge on any atom is -0.355 e. The van der Waals surface area contributed by atoms with Crippen molar-refractivity contribution in [2.24, 2.45) is 5.92 Å². The molecule has 2 saturated heterocycles. The Kier molecular flexibility index (Phi) is 6.55. The van der Waals surface area contributed by atoms with E-state index in [2.05, 4.69) is 0 Å². The molecule has 0 bridgehead atoms. The average Bonchev–Trinajstić information content (AvgIpc) is 2.78. The van der Waals surface area contributed by atoms with Crippen molar-refractivity contribution in [3.8, 4) is 0 Å². The van der Waals surface area contributed by atoms with Crippen LogP contribution in [0.3, 0.4) is 0 Å². The number of methoxy groups -OCH3 is 1. The predicted octanol–water partition coefficient (Wildman–Crippen LogP) is 2.54. The van der Waals surface area contributed by atoms with Gasteiger partial charge in [0.15, 0.2) is 12.6 Å². The summed E-state index contributed by atoms with van der Waals surface area (Å²) in [5.74, 6) is -0.748. The zero-order chi connectivity index (χ0) is 21.1. The molecule has 2 aliphatic heterocycles. The molecule has 2 aromatic carbocycles. The summed E-state index contributed by atoms with van der Waals surface area (Å²) in [5.41, 5.74) is 0.819. The van der Waals surface area contributed by atoms with E-state index in [9.17, 15) is 14.3 Å². The molecule has 9 heteroatoms. The Hall–Kier alpha value is -2.17. The van der Waals surface area contributed by atoms with Gasteiger partial charge in [0.1, 0.15) is 12.2 Å². The summed E-state index contributed by atoms with van der Waals surface area (Å²) in [6, 6.07) is 18.3. The van der Waals surface area contributed by atoms with Crippen LogP contribution in [0.5, 0.6) is 0 Å². The van der Waals surface area contributed by atoms with Crippen LogP contribution in [0.25, 0.3) is 0 Å². The van der Waals surface area contributed by atoms with Crippen molar-refractivity contribution < 1.29 is 28.1 Å². The SMILES string of the molecule is CO[C@@H]1O[C@@H]2CO[C@@H](c3ccccc3)O[C@H]2[C@H](S(=O)c2ccccc2)[C@@H]1C[N+](=O)[O-]. The van der Waals surface area contributed by atoms with E-state index in [1.165, 1.54) is 7.11 Å². The first kappa shape index (κ1) is 21.1. The maximum Gasteiger partial charge on any atom is 0.212 e. The number of hydrogen-bond acceptors (Lipinski definition) is 7. The van der Waals surface area contributed by atoms with E-state index < -0.39 is 58.2 Å². The molecule has 2 aromatic rings. The molecule has 2 fully saturated rings. The molecule has 0 aliphatic carbocycles. The maximum absolute atomic E-state index is 13.6. The fraction of sp³-hybridized carbons (Fsp3) is 0.429. The van der Waals surface area contributed by atoms with Gasteiger partial charge in [0.2, 0.25) is 6.54 Å². The zero-order valence-electron chi connectivity index (χ0n) is 16.4. The molecule has 160 valence electrons. The predicted molar refractivity (Wildman–Crippen MR) is 108 cm³/mol. The van der Waals surface area contributed by atoms with Crippen LogP contribution in [0.15, 0.2) is 65.6 Å². The normalized spacial score (nSPS) is 32.2. The number of hydrogen-bond donors (Lipinski definition) is 0. The zero-order valence-corrected chi connectivity index (χ0v) is 17.2. The van der Waals surface area contributed by atoms with E-state index in [4.69, 9.17) is 18.9 Å². The average molecular weight is 433 g/mol. The van der Waals surface area contributed by atoms with Gasteiger partial charge in [-0.2, -0.15) is 0 Å². The first-order chi connectivity index (χ1) is 14.6. The highest BCUT2D eigenvalue weighted by molar-refractivity contribution is 7.85. The third-order valence-corrected chi connectivity index (χ3v) is 7.20. The summed E-state index contributed by atoms with van der Waals surface area (Å²) in [7, 11) is -0.145. The van der Waals surface area contributed by atoms with Crippen LogP contribution in [-0.2, 0) is 29.7 Å². The second kappa shape index (κ2) is 9.32. The van der Waals surface area contributed by atoms with Gasteiger partial charge in [0.05, 0.1) is 28.6 Å². The molecule has 4 rings (SSSR count). The van der Waals surface area contributed by atoms with E-state index in [0.717, 1.165) is 5.56 Å². The van der Waals surface area contributed by atoms with E-state index in [1.54, 1.807) is 24.3 Å². The maximum atomic E-state index is 13.6. The van der Waals surface area contributed by atoms with Gasteiger partial charge in [0, 0.05) is 22.5 Å². The Bertz CT molecular complexity index is 881. The van der Waals surface area contributed by atoms with E-state index >= 15 is 0 Å². The Morgan fingerprint density at radius 1 is 1.10 bits per heavy atom. The summed E-state index contributed by atoms with van der Waals surface area (Å²) < 4.78 is 37.0. The highest BCUT2D eigenvalue weighted by Gasteiger charge is 2.54. The summed E-state index contributed by atoms with van der Waals surface area (Å²) in [4.78, 5) is 11.6. The quantitative estimate of drug-likeness (QED) is 0.510.